The molecule has 0 saturated carbocycles. The number of alkyl halides is 3. The lowest BCUT2D eigenvalue weighted by Crippen LogP contribution is -2.14. The number of rotatable bonds is 1. The highest BCUT2D eigenvalue weighted by Gasteiger charge is 2.39. The highest BCUT2D eigenvalue weighted by atomic mass is 19.4. The van der Waals surface area contributed by atoms with E-state index in [-0.39, 0.29) is 6.54 Å². The van der Waals surface area contributed by atoms with Gasteiger partial charge in [-0.2, -0.15) is 17.9 Å². The molecule has 0 aliphatic carbocycles. The fourth-order valence-electron chi connectivity index (χ4n) is 0.977. The molecule has 0 aliphatic rings. The molecule has 0 aromatic carbocycles. The van der Waals surface area contributed by atoms with Gasteiger partial charge in [0.25, 0.3) is 5.56 Å². The predicted octanol–water partition coefficient (Wildman–Crippen LogP) is 1.79. The summed E-state index contributed by atoms with van der Waals surface area (Å²) in [5, 5.41) is 0. The van der Waals surface area contributed by atoms with Gasteiger partial charge in [0.2, 0.25) is 5.76 Å². The lowest BCUT2D eigenvalue weighted by atomic mass is 10.3. The average molecular weight is 195 g/mol. The van der Waals surface area contributed by atoms with E-state index < -0.39 is 23.1 Å². The third-order valence-electron chi connectivity index (χ3n) is 1.63. The van der Waals surface area contributed by atoms with E-state index in [1.165, 1.54) is 6.92 Å². The largest absolute Gasteiger partial charge is 0.452 e. The zero-order valence-corrected chi connectivity index (χ0v) is 7.10. The Bertz CT molecular complexity index is 361. The summed E-state index contributed by atoms with van der Waals surface area (Å²) in [6.07, 6.45) is -4.59. The van der Waals surface area contributed by atoms with Crippen LogP contribution >= 0.6 is 0 Å². The zero-order chi connectivity index (χ0) is 10.2. The van der Waals surface area contributed by atoms with Crippen LogP contribution in [0.25, 0.3) is 0 Å². The minimum absolute atomic E-state index is 0.0930. The molecule has 1 aromatic heterocycles. The smallest absolute Gasteiger partial charge is 0.371 e. The van der Waals surface area contributed by atoms with Crippen molar-refractivity contribution in [2.24, 2.45) is 0 Å². The summed E-state index contributed by atoms with van der Waals surface area (Å²) in [6.45, 7) is 2.72. The molecule has 0 spiro atoms. The number of hydrogen-bond acceptors (Lipinski definition) is 2. The molecule has 13 heavy (non-hydrogen) atoms. The van der Waals surface area contributed by atoms with E-state index in [2.05, 4.69) is 4.52 Å². The Morgan fingerprint density at radius 2 is 2.00 bits per heavy atom. The van der Waals surface area contributed by atoms with Crippen LogP contribution in [0.1, 0.15) is 18.2 Å². The van der Waals surface area contributed by atoms with Gasteiger partial charge in [-0.1, -0.05) is 0 Å². The molecule has 1 aromatic rings. The highest BCUT2D eigenvalue weighted by molar-refractivity contribution is 5.14. The summed E-state index contributed by atoms with van der Waals surface area (Å²) in [5.74, 6) is -1.21. The monoisotopic (exact) mass is 195 g/mol. The van der Waals surface area contributed by atoms with E-state index in [1.54, 1.807) is 0 Å². The maximum Gasteiger partial charge on any atom is 0.452 e. The van der Waals surface area contributed by atoms with Gasteiger partial charge in [0.1, 0.15) is 0 Å². The van der Waals surface area contributed by atoms with Crippen LogP contribution in [0.5, 0.6) is 0 Å². The number of nitrogens with zero attached hydrogens (tertiary/aromatic N) is 1. The second kappa shape index (κ2) is 2.93. The van der Waals surface area contributed by atoms with Crippen molar-refractivity contribution in [1.29, 1.82) is 0 Å². The first-order valence-corrected chi connectivity index (χ1v) is 3.65. The fraction of sp³-hybridized carbons (Fsp3) is 0.571. The molecule has 3 nitrogen and oxygen atoms in total. The van der Waals surface area contributed by atoms with Crippen LogP contribution in [-0.2, 0) is 12.7 Å². The fourth-order valence-corrected chi connectivity index (χ4v) is 0.977. The number of halogens is 3. The van der Waals surface area contributed by atoms with Gasteiger partial charge in [-0.15, -0.1) is 0 Å². The normalized spacial score (nSPS) is 12.1. The summed E-state index contributed by atoms with van der Waals surface area (Å²) in [6, 6.07) is 0. The lowest BCUT2D eigenvalue weighted by molar-refractivity contribution is -0.158. The van der Waals surface area contributed by atoms with Crippen molar-refractivity contribution in [3.05, 3.63) is 21.7 Å². The molecule has 0 unspecified atom stereocenters. The first-order valence-electron chi connectivity index (χ1n) is 3.65. The molecule has 0 saturated heterocycles. The van der Waals surface area contributed by atoms with Gasteiger partial charge in [0, 0.05) is 0 Å². The van der Waals surface area contributed by atoms with Crippen molar-refractivity contribution in [2.45, 2.75) is 26.6 Å². The summed E-state index contributed by atoms with van der Waals surface area (Å²) in [5.41, 5.74) is -1.12. The molecule has 0 radical (unpaired) electrons. The van der Waals surface area contributed by atoms with Gasteiger partial charge >= 0.3 is 6.18 Å². The topological polar surface area (TPSA) is 35.1 Å². The van der Waals surface area contributed by atoms with Gasteiger partial charge in [0.05, 0.1) is 12.1 Å². The first-order chi connectivity index (χ1) is 5.88. The van der Waals surface area contributed by atoms with E-state index >= 15 is 0 Å². The number of aryl methyl sites for hydroxylation is 1. The molecular weight excluding hydrogens is 187 g/mol. The predicted molar refractivity (Wildman–Crippen MR) is 38.4 cm³/mol. The van der Waals surface area contributed by atoms with Crippen LogP contribution in [0.3, 0.4) is 0 Å². The molecule has 0 aliphatic heterocycles. The Kier molecular flexibility index (Phi) is 2.23. The second-order valence-electron chi connectivity index (χ2n) is 2.54. The summed E-state index contributed by atoms with van der Waals surface area (Å²) in [7, 11) is 0. The van der Waals surface area contributed by atoms with E-state index in [0.717, 1.165) is 6.92 Å². The minimum atomic E-state index is -4.59. The lowest BCUT2D eigenvalue weighted by Gasteiger charge is -2.00. The molecule has 0 N–H and O–H groups in total. The molecule has 1 rings (SSSR count). The third kappa shape index (κ3) is 1.61. The molecule has 6 heteroatoms. The van der Waals surface area contributed by atoms with E-state index in [4.69, 9.17) is 0 Å². The van der Waals surface area contributed by atoms with Gasteiger partial charge < -0.3 is 4.52 Å². The summed E-state index contributed by atoms with van der Waals surface area (Å²) in [4.78, 5) is 11.0. The van der Waals surface area contributed by atoms with Crippen molar-refractivity contribution in [3.63, 3.8) is 0 Å². The van der Waals surface area contributed by atoms with E-state index in [1.807, 2.05) is 0 Å². The molecule has 0 amide bonds. The van der Waals surface area contributed by atoms with Crippen molar-refractivity contribution < 1.29 is 17.7 Å². The SMILES string of the molecule is CCn1oc(C(F)(F)F)c(C)c1=O. The average Bonchev–Trinajstić information content (AvgIpc) is 2.28. The second-order valence-corrected chi connectivity index (χ2v) is 2.54. The minimum Gasteiger partial charge on any atom is -0.371 e. The van der Waals surface area contributed by atoms with Gasteiger partial charge in [-0.3, -0.25) is 4.79 Å². The van der Waals surface area contributed by atoms with Crippen molar-refractivity contribution in [1.82, 2.24) is 4.74 Å². The maximum atomic E-state index is 12.1. The zero-order valence-electron chi connectivity index (χ0n) is 7.10. The summed E-state index contributed by atoms with van der Waals surface area (Å²) < 4.78 is 41.4. The van der Waals surface area contributed by atoms with Crippen LogP contribution in [-0.4, -0.2) is 4.74 Å². The van der Waals surface area contributed by atoms with Crippen LogP contribution in [0.15, 0.2) is 9.32 Å². The number of aromatic nitrogens is 1. The Labute approximate surface area is 71.7 Å². The quantitative estimate of drug-likeness (QED) is 0.684. The first kappa shape index (κ1) is 9.88. The Morgan fingerprint density at radius 1 is 1.46 bits per heavy atom. The van der Waals surface area contributed by atoms with Crippen molar-refractivity contribution in [2.75, 3.05) is 0 Å². The van der Waals surface area contributed by atoms with E-state index in [9.17, 15) is 18.0 Å². The van der Waals surface area contributed by atoms with Gasteiger partial charge in [0.15, 0.2) is 0 Å². The Morgan fingerprint density at radius 3 is 2.23 bits per heavy atom. The van der Waals surface area contributed by atoms with E-state index in [0.29, 0.717) is 4.74 Å². The summed E-state index contributed by atoms with van der Waals surface area (Å²) >= 11 is 0. The van der Waals surface area contributed by atoms with Gasteiger partial charge in [-0.05, 0) is 13.8 Å². The Balaban J connectivity index is 3.34. The molecule has 0 atom stereocenters. The standard InChI is InChI=1S/C7H8F3NO2/c1-3-11-6(12)4(2)5(13-11)7(8,9)10/h3H2,1-2H3. The third-order valence-corrected chi connectivity index (χ3v) is 1.63. The molecule has 0 bridgehead atoms. The maximum absolute atomic E-state index is 12.1. The van der Waals surface area contributed by atoms with Crippen LogP contribution in [0.4, 0.5) is 13.2 Å². The van der Waals surface area contributed by atoms with Gasteiger partial charge in [-0.25, -0.2) is 0 Å². The molecular formula is C7H8F3NO2. The highest BCUT2D eigenvalue weighted by Crippen LogP contribution is 2.30. The van der Waals surface area contributed by atoms with Crippen molar-refractivity contribution >= 4 is 0 Å². The van der Waals surface area contributed by atoms with Crippen LogP contribution in [0.2, 0.25) is 0 Å². The number of hydrogen-bond donors (Lipinski definition) is 0. The Hall–Kier alpha value is -1.20. The van der Waals surface area contributed by atoms with Crippen molar-refractivity contribution in [3.8, 4) is 0 Å². The molecule has 0 fully saturated rings. The molecule has 1 heterocycles. The van der Waals surface area contributed by atoms with Crippen LogP contribution < -0.4 is 5.56 Å². The van der Waals surface area contributed by atoms with Crippen LogP contribution in [0, 0.1) is 6.92 Å². The molecule has 74 valence electrons.